The molecule has 0 spiro atoms. The number of ether oxygens (including phenoxy) is 1. The molecule has 1 amide bonds. The average molecular weight is 420 g/mol. The Hall–Kier alpha value is -2.57. The molecule has 2 rings (SSSR count). The largest absolute Gasteiger partial charge is 0.478 e. The summed E-state index contributed by atoms with van der Waals surface area (Å²) in [6.07, 6.45) is -0.960. The average Bonchev–Trinajstić information content (AvgIpc) is 2.63. The van der Waals surface area contributed by atoms with E-state index in [9.17, 15) is 14.7 Å². The van der Waals surface area contributed by atoms with Crippen molar-refractivity contribution in [2.75, 3.05) is 13.1 Å². The Balaban J connectivity index is 2.11. The number of rotatable bonds is 7. The molecule has 29 heavy (non-hydrogen) atoms. The number of carboxylic acid groups (broad SMARTS) is 1. The zero-order valence-electron chi connectivity index (χ0n) is 16.8. The molecule has 0 saturated carbocycles. The summed E-state index contributed by atoms with van der Waals surface area (Å²) in [6.45, 7) is 5.69. The molecule has 0 heterocycles. The highest BCUT2D eigenvalue weighted by molar-refractivity contribution is 6.30. The summed E-state index contributed by atoms with van der Waals surface area (Å²) in [5, 5.41) is 20.1. The van der Waals surface area contributed by atoms with Crippen molar-refractivity contribution in [3.05, 3.63) is 70.2 Å². The first-order chi connectivity index (χ1) is 13.5. The number of aliphatic hydroxyl groups is 1. The van der Waals surface area contributed by atoms with Crippen LogP contribution in [0.3, 0.4) is 0 Å². The standard InChI is InChI=1S/C22H26ClNO5/c1-22(2,3)29-21(28)24(14-19(25)17-5-4-6-18(23)13-17)12-11-15-7-9-16(10-8-15)20(26)27/h4-10,13,19,25H,11-12,14H2,1-3H3,(H,26,27)/t19-/m0/s1. The minimum atomic E-state index is -0.989. The molecule has 0 aliphatic heterocycles. The van der Waals surface area contributed by atoms with Crippen LogP contribution in [0.25, 0.3) is 0 Å². The van der Waals surface area contributed by atoms with Gasteiger partial charge >= 0.3 is 12.1 Å². The van der Waals surface area contributed by atoms with E-state index < -0.39 is 23.8 Å². The summed E-state index contributed by atoms with van der Waals surface area (Å²) >= 11 is 5.99. The van der Waals surface area contributed by atoms with Crippen LogP contribution in [0.5, 0.6) is 0 Å². The summed E-state index contributed by atoms with van der Waals surface area (Å²) in [5.41, 5.74) is 1.02. The van der Waals surface area contributed by atoms with E-state index in [1.165, 1.54) is 17.0 Å². The predicted molar refractivity (Wildman–Crippen MR) is 111 cm³/mol. The molecule has 0 aromatic heterocycles. The van der Waals surface area contributed by atoms with Gasteiger partial charge in [0.15, 0.2) is 0 Å². The van der Waals surface area contributed by atoms with Gasteiger partial charge in [-0.05, 0) is 62.6 Å². The normalized spacial score (nSPS) is 12.3. The molecule has 0 radical (unpaired) electrons. The van der Waals surface area contributed by atoms with Gasteiger partial charge in [-0.25, -0.2) is 9.59 Å². The van der Waals surface area contributed by atoms with Crippen LogP contribution in [0.2, 0.25) is 5.02 Å². The molecule has 6 nitrogen and oxygen atoms in total. The molecule has 0 aliphatic rings. The molecular formula is C22H26ClNO5. The fraction of sp³-hybridized carbons (Fsp3) is 0.364. The Morgan fingerprint density at radius 2 is 1.79 bits per heavy atom. The van der Waals surface area contributed by atoms with Crippen molar-refractivity contribution in [2.45, 2.75) is 38.9 Å². The van der Waals surface area contributed by atoms with Gasteiger partial charge in [0, 0.05) is 11.6 Å². The fourth-order valence-corrected chi connectivity index (χ4v) is 2.89. The number of aromatic carboxylic acids is 1. The van der Waals surface area contributed by atoms with Crippen molar-refractivity contribution in [2.24, 2.45) is 0 Å². The minimum Gasteiger partial charge on any atom is -0.478 e. The molecule has 1 atom stereocenters. The number of hydrogen-bond acceptors (Lipinski definition) is 4. The van der Waals surface area contributed by atoms with E-state index in [2.05, 4.69) is 0 Å². The van der Waals surface area contributed by atoms with E-state index in [0.717, 1.165) is 5.56 Å². The number of benzene rings is 2. The summed E-state index contributed by atoms with van der Waals surface area (Å²) in [6, 6.07) is 13.3. The zero-order valence-corrected chi connectivity index (χ0v) is 17.5. The summed E-state index contributed by atoms with van der Waals surface area (Å²) in [4.78, 5) is 25.1. The van der Waals surface area contributed by atoms with Crippen LogP contribution >= 0.6 is 11.6 Å². The van der Waals surface area contributed by atoms with Gasteiger partial charge in [-0.2, -0.15) is 0 Å². The Labute approximate surface area is 175 Å². The molecule has 2 N–H and O–H groups in total. The lowest BCUT2D eigenvalue weighted by Gasteiger charge is -2.29. The number of carbonyl (C=O) groups excluding carboxylic acids is 1. The number of hydrogen-bond donors (Lipinski definition) is 2. The van der Waals surface area contributed by atoms with Gasteiger partial charge in [0.25, 0.3) is 0 Å². The molecule has 7 heteroatoms. The molecule has 0 saturated heterocycles. The smallest absolute Gasteiger partial charge is 0.410 e. The van der Waals surface area contributed by atoms with Gasteiger partial charge in [-0.3, -0.25) is 0 Å². The van der Waals surface area contributed by atoms with Crippen molar-refractivity contribution in [1.29, 1.82) is 0 Å². The van der Waals surface area contributed by atoms with Crippen molar-refractivity contribution in [3.8, 4) is 0 Å². The third kappa shape index (κ3) is 7.40. The van der Waals surface area contributed by atoms with Gasteiger partial charge in [-0.1, -0.05) is 35.9 Å². The number of nitrogens with zero attached hydrogens (tertiary/aromatic N) is 1. The Kier molecular flexibility index (Phi) is 7.65. The first kappa shape index (κ1) is 22.7. The molecule has 0 fully saturated rings. The number of carboxylic acids is 1. The Morgan fingerprint density at radius 3 is 2.34 bits per heavy atom. The van der Waals surface area contributed by atoms with Crippen molar-refractivity contribution in [1.82, 2.24) is 4.90 Å². The van der Waals surface area contributed by atoms with Crippen LogP contribution in [-0.2, 0) is 11.2 Å². The van der Waals surface area contributed by atoms with Crippen molar-refractivity contribution >= 4 is 23.7 Å². The topological polar surface area (TPSA) is 87.1 Å². The van der Waals surface area contributed by atoms with E-state index in [1.807, 2.05) is 0 Å². The SMILES string of the molecule is CC(C)(C)OC(=O)N(CCc1ccc(C(=O)O)cc1)C[C@H](O)c1cccc(Cl)c1. The summed E-state index contributed by atoms with van der Waals surface area (Å²) < 4.78 is 5.47. The first-order valence-electron chi connectivity index (χ1n) is 9.29. The van der Waals surface area contributed by atoms with E-state index in [1.54, 1.807) is 57.2 Å². The molecule has 0 aliphatic carbocycles. The van der Waals surface area contributed by atoms with Crippen molar-refractivity contribution < 1.29 is 24.5 Å². The third-order valence-electron chi connectivity index (χ3n) is 4.15. The zero-order chi connectivity index (χ0) is 21.6. The maximum absolute atomic E-state index is 12.6. The maximum Gasteiger partial charge on any atom is 0.410 e. The van der Waals surface area contributed by atoms with Gasteiger partial charge in [-0.15, -0.1) is 0 Å². The van der Waals surface area contributed by atoms with E-state index in [-0.39, 0.29) is 12.1 Å². The van der Waals surface area contributed by atoms with Gasteiger partial charge < -0.3 is 19.8 Å². The van der Waals surface area contributed by atoms with Crippen molar-refractivity contribution in [3.63, 3.8) is 0 Å². The molecule has 2 aromatic rings. The minimum absolute atomic E-state index is 0.0441. The highest BCUT2D eigenvalue weighted by Crippen LogP contribution is 2.20. The van der Waals surface area contributed by atoms with Gasteiger partial charge in [0.1, 0.15) is 5.60 Å². The first-order valence-corrected chi connectivity index (χ1v) is 9.66. The van der Waals surface area contributed by atoms with E-state index in [0.29, 0.717) is 23.6 Å². The van der Waals surface area contributed by atoms with Gasteiger partial charge in [0.2, 0.25) is 0 Å². The number of aliphatic hydroxyl groups excluding tert-OH is 1. The van der Waals surface area contributed by atoms with Crippen LogP contribution in [0.1, 0.15) is 48.4 Å². The second kappa shape index (κ2) is 9.76. The molecule has 0 bridgehead atoms. The van der Waals surface area contributed by atoms with Crippen LogP contribution in [0.4, 0.5) is 4.79 Å². The third-order valence-corrected chi connectivity index (χ3v) is 4.38. The Bertz CT molecular complexity index is 845. The van der Waals surface area contributed by atoms with E-state index in [4.69, 9.17) is 21.4 Å². The molecule has 2 aromatic carbocycles. The van der Waals surface area contributed by atoms with Gasteiger partial charge in [0.05, 0.1) is 18.2 Å². The Morgan fingerprint density at radius 1 is 1.14 bits per heavy atom. The lowest BCUT2D eigenvalue weighted by molar-refractivity contribution is 0.0147. The number of halogens is 1. The second-order valence-electron chi connectivity index (χ2n) is 7.75. The summed E-state index contributed by atoms with van der Waals surface area (Å²) in [5.74, 6) is -0.989. The van der Waals surface area contributed by atoms with Crippen LogP contribution in [0.15, 0.2) is 48.5 Å². The summed E-state index contributed by atoms with van der Waals surface area (Å²) in [7, 11) is 0. The van der Waals surface area contributed by atoms with Crippen LogP contribution < -0.4 is 0 Å². The lowest BCUT2D eigenvalue weighted by atomic mass is 10.1. The van der Waals surface area contributed by atoms with Crippen LogP contribution in [-0.4, -0.2) is 45.9 Å². The monoisotopic (exact) mass is 419 g/mol. The number of carbonyl (C=O) groups is 2. The van der Waals surface area contributed by atoms with Crippen LogP contribution in [0, 0.1) is 0 Å². The highest BCUT2D eigenvalue weighted by atomic mass is 35.5. The fourth-order valence-electron chi connectivity index (χ4n) is 2.69. The predicted octanol–water partition coefficient (Wildman–Crippen LogP) is 4.55. The second-order valence-corrected chi connectivity index (χ2v) is 8.19. The maximum atomic E-state index is 12.6. The number of amides is 1. The lowest BCUT2D eigenvalue weighted by Crippen LogP contribution is -2.40. The van der Waals surface area contributed by atoms with E-state index >= 15 is 0 Å². The molecule has 0 unspecified atom stereocenters. The molecule has 156 valence electrons. The highest BCUT2D eigenvalue weighted by Gasteiger charge is 2.24. The molecular weight excluding hydrogens is 394 g/mol. The quantitative estimate of drug-likeness (QED) is 0.687.